The molecule has 0 aromatic heterocycles. The highest BCUT2D eigenvalue weighted by Crippen LogP contribution is 2.22. The van der Waals surface area contributed by atoms with Crippen molar-refractivity contribution >= 4 is 29.9 Å². The second-order valence-corrected chi connectivity index (χ2v) is 7.65. The fourth-order valence-electron chi connectivity index (χ4n) is 3.82. The molecule has 1 unspecified atom stereocenters. The molecule has 1 saturated heterocycles. The molecule has 2 N–H and O–H groups in total. The fourth-order valence-corrected chi connectivity index (χ4v) is 3.82. The zero-order valence-corrected chi connectivity index (χ0v) is 21.4. The summed E-state index contributed by atoms with van der Waals surface area (Å²) >= 11 is 0. The number of aliphatic imine (C=N–C) groups is 1. The minimum absolute atomic E-state index is 0. The minimum Gasteiger partial charge on any atom is -0.496 e. The molecule has 6 nitrogen and oxygen atoms in total. The molecule has 176 valence electrons. The number of aryl methyl sites for hydroxylation is 1. The van der Waals surface area contributed by atoms with Crippen molar-refractivity contribution in [3.8, 4) is 5.75 Å². The average molecular weight is 556 g/mol. The van der Waals surface area contributed by atoms with Gasteiger partial charge >= 0.3 is 0 Å². The Kier molecular flexibility index (Phi) is 11.2. The second kappa shape index (κ2) is 13.6. The largest absolute Gasteiger partial charge is 0.496 e. The third kappa shape index (κ3) is 7.60. The summed E-state index contributed by atoms with van der Waals surface area (Å²) < 4.78 is 24.8. The lowest BCUT2D eigenvalue weighted by atomic mass is 10.0. The molecule has 0 spiro atoms. The number of morpholine rings is 1. The Balaban J connectivity index is 0.00000363. The van der Waals surface area contributed by atoms with Gasteiger partial charge in [0.25, 0.3) is 0 Å². The van der Waals surface area contributed by atoms with Crippen LogP contribution in [0.15, 0.2) is 47.5 Å². The zero-order chi connectivity index (χ0) is 22.1. The van der Waals surface area contributed by atoms with Crippen molar-refractivity contribution in [1.29, 1.82) is 0 Å². The van der Waals surface area contributed by atoms with E-state index in [9.17, 15) is 4.39 Å². The van der Waals surface area contributed by atoms with E-state index in [1.54, 1.807) is 26.3 Å². The number of hydrogen-bond donors (Lipinski definition) is 2. The lowest BCUT2D eigenvalue weighted by molar-refractivity contribution is 0.0169. The van der Waals surface area contributed by atoms with Crippen molar-refractivity contribution in [3.05, 3.63) is 65.0 Å². The van der Waals surface area contributed by atoms with Crippen LogP contribution in [0.25, 0.3) is 0 Å². The van der Waals surface area contributed by atoms with Crippen LogP contribution in [0.3, 0.4) is 0 Å². The summed E-state index contributed by atoms with van der Waals surface area (Å²) in [5.74, 6) is 1.42. The third-order valence-corrected chi connectivity index (χ3v) is 5.58. The summed E-state index contributed by atoms with van der Waals surface area (Å²) in [6.45, 7) is 6.44. The van der Waals surface area contributed by atoms with Crippen LogP contribution in [0.1, 0.15) is 22.7 Å². The Morgan fingerprint density at radius 1 is 1.19 bits per heavy atom. The smallest absolute Gasteiger partial charge is 0.191 e. The van der Waals surface area contributed by atoms with Gasteiger partial charge < -0.3 is 20.1 Å². The van der Waals surface area contributed by atoms with Gasteiger partial charge in [0, 0.05) is 33.2 Å². The molecule has 0 aliphatic carbocycles. The van der Waals surface area contributed by atoms with Gasteiger partial charge in [-0.15, -0.1) is 24.0 Å². The van der Waals surface area contributed by atoms with Crippen LogP contribution >= 0.6 is 24.0 Å². The van der Waals surface area contributed by atoms with Gasteiger partial charge in [-0.25, -0.2) is 4.39 Å². The first-order chi connectivity index (χ1) is 15.1. The molecule has 8 heteroatoms. The lowest BCUT2D eigenvalue weighted by Gasteiger charge is -2.35. The highest BCUT2D eigenvalue weighted by molar-refractivity contribution is 14.0. The summed E-state index contributed by atoms with van der Waals surface area (Å²) in [7, 11) is 3.45. The predicted octanol–water partition coefficient (Wildman–Crippen LogP) is 3.54. The monoisotopic (exact) mass is 556 g/mol. The molecule has 1 aliphatic heterocycles. The van der Waals surface area contributed by atoms with E-state index < -0.39 is 0 Å². The van der Waals surface area contributed by atoms with Crippen LogP contribution in [-0.2, 0) is 11.2 Å². The number of guanidine groups is 1. The first-order valence-electron chi connectivity index (χ1n) is 10.8. The van der Waals surface area contributed by atoms with E-state index in [0.717, 1.165) is 48.9 Å². The second-order valence-electron chi connectivity index (χ2n) is 7.65. The molecular weight excluding hydrogens is 522 g/mol. The van der Waals surface area contributed by atoms with E-state index in [1.807, 2.05) is 13.0 Å². The number of nitrogens with zero attached hydrogens (tertiary/aromatic N) is 2. The van der Waals surface area contributed by atoms with Crippen LogP contribution in [-0.4, -0.2) is 64.4 Å². The zero-order valence-electron chi connectivity index (χ0n) is 19.1. The topological polar surface area (TPSA) is 58.1 Å². The van der Waals surface area contributed by atoms with Gasteiger partial charge in [0.15, 0.2) is 5.96 Å². The summed E-state index contributed by atoms with van der Waals surface area (Å²) in [6.07, 6.45) is 0.855. The molecule has 1 heterocycles. The van der Waals surface area contributed by atoms with Crippen molar-refractivity contribution in [2.45, 2.75) is 19.4 Å². The molecule has 2 aromatic rings. The Hall–Kier alpha value is -1.91. The molecular formula is C24H34FIN4O2. The van der Waals surface area contributed by atoms with Crippen LogP contribution in [0.2, 0.25) is 0 Å². The standard InChI is InChI=1S/C24H33FN4O2.HI/c1-18-7-8-19(15-23(18)30-3)9-10-27-24(26-2)28-17-22(29-11-13-31-14-12-29)20-5-4-6-21(25)16-20;/h4-8,15-16,22H,9-14,17H2,1-3H3,(H2,26,27,28);1H. The van der Waals surface area contributed by atoms with Crippen LogP contribution in [0.5, 0.6) is 5.75 Å². The molecule has 1 atom stereocenters. The highest BCUT2D eigenvalue weighted by Gasteiger charge is 2.23. The first-order valence-corrected chi connectivity index (χ1v) is 10.8. The summed E-state index contributed by atoms with van der Waals surface area (Å²) in [6, 6.07) is 13.1. The summed E-state index contributed by atoms with van der Waals surface area (Å²) in [5, 5.41) is 6.78. The SMILES string of the molecule is CN=C(NCCc1ccc(C)c(OC)c1)NCC(c1cccc(F)c1)N1CCOCC1.I. The van der Waals surface area contributed by atoms with E-state index in [-0.39, 0.29) is 35.8 Å². The van der Waals surface area contributed by atoms with Crippen molar-refractivity contribution in [1.82, 2.24) is 15.5 Å². The Bertz CT molecular complexity index is 875. The van der Waals surface area contributed by atoms with Gasteiger partial charge in [-0.3, -0.25) is 9.89 Å². The van der Waals surface area contributed by atoms with Gasteiger partial charge in [0.1, 0.15) is 11.6 Å². The summed E-state index contributed by atoms with van der Waals surface area (Å²) in [5.41, 5.74) is 3.29. The van der Waals surface area contributed by atoms with E-state index >= 15 is 0 Å². The number of ether oxygens (including phenoxy) is 2. The molecule has 2 aromatic carbocycles. The first kappa shape index (κ1) is 26.3. The van der Waals surface area contributed by atoms with Crippen LogP contribution in [0.4, 0.5) is 4.39 Å². The maximum Gasteiger partial charge on any atom is 0.191 e. The van der Waals surface area contributed by atoms with Crippen LogP contribution < -0.4 is 15.4 Å². The van der Waals surface area contributed by atoms with Crippen molar-refractivity contribution in [3.63, 3.8) is 0 Å². The van der Waals surface area contributed by atoms with Gasteiger partial charge in [-0.05, 0) is 48.2 Å². The van der Waals surface area contributed by atoms with Gasteiger partial charge in [0.05, 0.1) is 26.4 Å². The molecule has 0 saturated carbocycles. The number of nitrogens with one attached hydrogen (secondary N) is 2. The Morgan fingerprint density at radius 2 is 1.97 bits per heavy atom. The third-order valence-electron chi connectivity index (χ3n) is 5.58. The Labute approximate surface area is 207 Å². The van der Waals surface area contributed by atoms with Gasteiger partial charge in [-0.2, -0.15) is 0 Å². The minimum atomic E-state index is -0.216. The number of methoxy groups -OCH3 is 1. The van der Waals surface area contributed by atoms with E-state index in [0.29, 0.717) is 19.8 Å². The van der Waals surface area contributed by atoms with Crippen molar-refractivity contribution in [2.24, 2.45) is 4.99 Å². The van der Waals surface area contributed by atoms with E-state index in [1.165, 1.54) is 11.6 Å². The summed E-state index contributed by atoms with van der Waals surface area (Å²) in [4.78, 5) is 6.68. The number of halogens is 2. The highest BCUT2D eigenvalue weighted by atomic mass is 127. The maximum atomic E-state index is 13.9. The molecule has 1 aliphatic rings. The number of hydrogen-bond acceptors (Lipinski definition) is 4. The van der Waals surface area contributed by atoms with Gasteiger partial charge in [0.2, 0.25) is 0 Å². The maximum absolute atomic E-state index is 13.9. The van der Waals surface area contributed by atoms with Crippen LogP contribution in [0, 0.1) is 12.7 Å². The predicted molar refractivity (Wildman–Crippen MR) is 138 cm³/mol. The molecule has 32 heavy (non-hydrogen) atoms. The normalized spacial score (nSPS) is 15.6. The quantitative estimate of drug-likeness (QED) is 0.296. The molecule has 3 rings (SSSR count). The lowest BCUT2D eigenvalue weighted by Crippen LogP contribution is -2.46. The molecule has 0 bridgehead atoms. The van der Waals surface area contributed by atoms with E-state index in [4.69, 9.17) is 9.47 Å². The Morgan fingerprint density at radius 3 is 2.66 bits per heavy atom. The molecule has 0 radical (unpaired) electrons. The van der Waals surface area contributed by atoms with Gasteiger partial charge in [-0.1, -0.05) is 24.3 Å². The number of benzene rings is 2. The average Bonchev–Trinajstić information content (AvgIpc) is 2.80. The number of rotatable bonds is 8. The molecule has 1 fully saturated rings. The fraction of sp³-hybridized carbons (Fsp3) is 0.458. The molecule has 0 amide bonds. The van der Waals surface area contributed by atoms with Crippen molar-refractivity contribution in [2.75, 3.05) is 53.6 Å². The van der Waals surface area contributed by atoms with E-state index in [2.05, 4.69) is 38.7 Å². The van der Waals surface area contributed by atoms with Crippen molar-refractivity contribution < 1.29 is 13.9 Å².